The van der Waals surface area contributed by atoms with Gasteiger partial charge in [-0.2, -0.15) is 14.9 Å². The molecule has 0 amide bonds. The largest absolute Gasteiger partial charge is 0.364 e. The van der Waals surface area contributed by atoms with Gasteiger partial charge in [0.25, 0.3) is 0 Å². The highest BCUT2D eigenvalue weighted by molar-refractivity contribution is 7.09. The van der Waals surface area contributed by atoms with Crippen LogP contribution in [-0.2, 0) is 6.42 Å². The van der Waals surface area contributed by atoms with E-state index in [1.165, 1.54) is 10.9 Å². The molecule has 3 aromatic heterocycles. The van der Waals surface area contributed by atoms with Crippen LogP contribution in [-0.4, -0.2) is 26.1 Å². The van der Waals surface area contributed by atoms with Crippen LogP contribution in [0.4, 0.5) is 0 Å². The highest BCUT2D eigenvalue weighted by Gasteiger charge is 2.08. The third-order valence-corrected chi connectivity index (χ3v) is 3.50. The lowest BCUT2D eigenvalue weighted by Gasteiger charge is -1.97. The molecule has 0 aliphatic heterocycles. The maximum atomic E-state index is 11.7. The molecular formula is C13H11N5OS. The molecular weight excluding hydrogens is 274 g/mol. The van der Waals surface area contributed by atoms with Crippen LogP contribution in [0.1, 0.15) is 16.4 Å². The molecule has 0 atom stereocenters. The summed E-state index contributed by atoms with van der Waals surface area (Å²) in [5.41, 5.74) is 0.325. The van der Waals surface area contributed by atoms with Gasteiger partial charge in [-0.25, -0.2) is 9.89 Å². The van der Waals surface area contributed by atoms with E-state index in [0.29, 0.717) is 17.9 Å². The summed E-state index contributed by atoms with van der Waals surface area (Å²) in [5.74, 6) is 0.574. The fraction of sp³-hybridized carbons (Fsp3) is 0.0769. The summed E-state index contributed by atoms with van der Waals surface area (Å²) in [7, 11) is 0. The van der Waals surface area contributed by atoms with E-state index in [9.17, 15) is 4.79 Å². The van der Waals surface area contributed by atoms with Gasteiger partial charge in [-0.05, 0) is 23.6 Å². The number of thiophene rings is 1. The van der Waals surface area contributed by atoms with E-state index < -0.39 is 0 Å². The van der Waals surface area contributed by atoms with Crippen LogP contribution in [0.3, 0.4) is 0 Å². The molecule has 0 saturated carbocycles. The lowest BCUT2D eigenvalue weighted by atomic mass is 10.3. The van der Waals surface area contributed by atoms with Crippen LogP contribution in [0.5, 0.6) is 0 Å². The Morgan fingerprint density at radius 1 is 1.35 bits per heavy atom. The molecule has 7 heteroatoms. The Bertz CT molecular complexity index is 758. The Hall–Kier alpha value is -2.54. The van der Waals surface area contributed by atoms with E-state index in [1.54, 1.807) is 17.5 Å². The molecule has 0 spiro atoms. The summed E-state index contributed by atoms with van der Waals surface area (Å²) in [6.45, 7) is 0. The number of H-pyrrole nitrogens is 1. The number of aromatic amines is 1. The van der Waals surface area contributed by atoms with Gasteiger partial charge in [0, 0.05) is 17.5 Å². The lowest BCUT2D eigenvalue weighted by molar-refractivity contribution is 0.778. The minimum atomic E-state index is -0.358. The van der Waals surface area contributed by atoms with Crippen LogP contribution < -0.4 is 5.69 Å². The standard InChI is InChI=1S/C13H11N5OS/c19-13-17-16-12(8-11-5-3-7-20-11)18(13)15-9-10-4-1-2-6-14-10/h1-7,9H,8H2,(H,17,19)/b15-9+. The van der Waals surface area contributed by atoms with Crippen LogP contribution in [0.15, 0.2) is 51.8 Å². The number of hydrogen-bond donors (Lipinski definition) is 1. The fourth-order valence-corrected chi connectivity index (χ4v) is 2.40. The van der Waals surface area contributed by atoms with Gasteiger partial charge in [-0.15, -0.1) is 11.3 Å². The number of rotatable bonds is 4. The van der Waals surface area contributed by atoms with E-state index in [1.807, 2.05) is 35.7 Å². The maximum absolute atomic E-state index is 11.7. The number of nitrogens with zero attached hydrogens (tertiary/aromatic N) is 4. The van der Waals surface area contributed by atoms with Crippen molar-refractivity contribution in [1.29, 1.82) is 0 Å². The first-order valence-corrected chi connectivity index (χ1v) is 6.85. The molecule has 0 saturated heterocycles. The third-order valence-electron chi connectivity index (χ3n) is 2.62. The quantitative estimate of drug-likeness (QED) is 0.738. The number of hydrogen-bond acceptors (Lipinski definition) is 5. The summed E-state index contributed by atoms with van der Waals surface area (Å²) in [6, 6.07) is 9.46. The first-order valence-electron chi connectivity index (χ1n) is 5.97. The zero-order chi connectivity index (χ0) is 13.8. The lowest BCUT2D eigenvalue weighted by Crippen LogP contribution is -2.15. The second-order valence-electron chi connectivity index (χ2n) is 4.01. The monoisotopic (exact) mass is 285 g/mol. The van der Waals surface area contributed by atoms with E-state index in [4.69, 9.17) is 0 Å². The van der Waals surface area contributed by atoms with Crippen molar-refractivity contribution >= 4 is 17.6 Å². The van der Waals surface area contributed by atoms with Gasteiger partial charge in [-0.1, -0.05) is 12.1 Å². The molecule has 3 aromatic rings. The van der Waals surface area contributed by atoms with Crippen molar-refractivity contribution in [3.05, 3.63) is 68.8 Å². The Kier molecular flexibility index (Phi) is 3.51. The zero-order valence-electron chi connectivity index (χ0n) is 10.4. The number of pyridine rings is 1. The second kappa shape index (κ2) is 5.62. The van der Waals surface area contributed by atoms with Gasteiger partial charge >= 0.3 is 5.69 Å². The highest BCUT2D eigenvalue weighted by Crippen LogP contribution is 2.12. The molecule has 0 bridgehead atoms. The summed E-state index contributed by atoms with van der Waals surface area (Å²) >= 11 is 1.62. The van der Waals surface area contributed by atoms with Gasteiger partial charge < -0.3 is 0 Å². The normalized spacial score (nSPS) is 11.2. The molecule has 0 aliphatic rings. The number of aromatic nitrogens is 4. The maximum Gasteiger partial charge on any atom is 0.364 e. The van der Waals surface area contributed by atoms with Gasteiger partial charge in [0.15, 0.2) is 5.82 Å². The Morgan fingerprint density at radius 2 is 2.30 bits per heavy atom. The third kappa shape index (κ3) is 2.72. The fourth-order valence-electron chi connectivity index (χ4n) is 1.70. The summed E-state index contributed by atoms with van der Waals surface area (Å²) < 4.78 is 1.26. The predicted molar refractivity (Wildman–Crippen MR) is 77.2 cm³/mol. The van der Waals surface area contributed by atoms with Crippen LogP contribution in [0, 0.1) is 0 Å². The van der Waals surface area contributed by atoms with E-state index >= 15 is 0 Å². The van der Waals surface area contributed by atoms with Crippen molar-refractivity contribution in [3.8, 4) is 0 Å². The molecule has 0 radical (unpaired) electrons. The Labute approximate surface area is 118 Å². The van der Waals surface area contributed by atoms with Gasteiger partial charge in [0.05, 0.1) is 11.9 Å². The van der Waals surface area contributed by atoms with Crippen LogP contribution >= 0.6 is 11.3 Å². The predicted octanol–water partition coefficient (Wildman–Crippen LogP) is 1.50. The van der Waals surface area contributed by atoms with Crippen molar-refractivity contribution in [3.63, 3.8) is 0 Å². The van der Waals surface area contributed by atoms with Crippen molar-refractivity contribution in [2.75, 3.05) is 0 Å². The minimum Gasteiger partial charge on any atom is -0.255 e. The first-order chi connectivity index (χ1) is 9.83. The molecule has 0 fully saturated rings. The average molecular weight is 285 g/mol. The van der Waals surface area contributed by atoms with Crippen LogP contribution in [0.25, 0.3) is 0 Å². The molecule has 3 heterocycles. The topological polar surface area (TPSA) is 75.9 Å². The van der Waals surface area contributed by atoms with Gasteiger partial charge in [0.2, 0.25) is 0 Å². The number of nitrogens with one attached hydrogen (secondary N) is 1. The van der Waals surface area contributed by atoms with Crippen molar-refractivity contribution < 1.29 is 0 Å². The Balaban J connectivity index is 1.88. The van der Waals surface area contributed by atoms with E-state index in [2.05, 4.69) is 20.3 Å². The molecule has 100 valence electrons. The SMILES string of the molecule is O=c1[nH]nc(Cc2cccs2)n1/N=C/c1ccccn1. The molecule has 1 N–H and O–H groups in total. The van der Waals surface area contributed by atoms with E-state index in [0.717, 1.165) is 4.88 Å². The molecule has 0 aliphatic carbocycles. The minimum absolute atomic E-state index is 0.358. The molecule has 0 aromatic carbocycles. The highest BCUT2D eigenvalue weighted by atomic mass is 32.1. The van der Waals surface area contributed by atoms with Gasteiger partial charge in [0.1, 0.15) is 0 Å². The van der Waals surface area contributed by atoms with Crippen molar-refractivity contribution in [2.24, 2.45) is 5.10 Å². The molecule has 6 nitrogen and oxygen atoms in total. The van der Waals surface area contributed by atoms with Crippen LogP contribution in [0.2, 0.25) is 0 Å². The summed E-state index contributed by atoms with van der Waals surface area (Å²) in [6.07, 6.45) is 3.77. The molecule has 0 unspecified atom stereocenters. The smallest absolute Gasteiger partial charge is 0.255 e. The average Bonchev–Trinajstić information content (AvgIpc) is 3.09. The Morgan fingerprint density at radius 3 is 3.05 bits per heavy atom. The first kappa shape index (κ1) is 12.5. The van der Waals surface area contributed by atoms with Crippen molar-refractivity contribution in [2.45, 2.75) is 6.42 Å². The summed E-state index contributed by atoms with van der Waals surface area (Å²) in [5, 5.41) is 12.5. The molecule has 20 heavy (non-hydrogen) atoms. The second-order valence-corrected chi connectivity index (χ2v) is 5.04. The molecule has 3 rings (SSSR count). The summed E-state index contributed by atoms with van der Waals surface area (Å²) in [4.78, 5) is 16.9. The van der Waals surface area contributed by atoms with Gasteiger partial charge in [-0.3, -0.25) is 4.98 Å². The van der Waals surface area contributed by atoms with E-state index in [-0.39, 0.29) is 5.69 Å². The zero-order valence-corrected chi connectivity index (χ0v) is 11.2. The van der Waals surface area contributed by atoms with Crippen molar-refractivity contribution in [1.82, 2.24) is 19.9 Å².